The predicted molar refractivity (Wildman–Crippen MR) is 57.0 cm³/mol. The van der Waals surface area contributed by atoms with Crippen LogP contribution in [-0.4, -0.2) is 18.9 Å². The van der Waals surface area contributed by atoms with Crippen LogP contribution in [0.4, 0.5) is 14.5 Å². The summed E-state index contributed by atoms with van der Waals surface area (Å²) in [7, 11) is 0. The minimum absolute atomic E-state index is 0.369. The average molecular weight is 229 g/mol. The Morgan fingerprint density at radius 3 is 2.69 bits per heavy atom. The Kier molecular flexibility index (Phi) is 4.22. The van der Waals surface area contributed by atoms with Gasteiger partial charge in [0.15, 0.2) is 0 Å². The molecule has 1 aromatic rings. The van der Waals surface area contributed by atoms with Crippen molar-refractivity contribution in [1.82, 2.24) is 0 Å². The van der Waals surface area contributed by atoms with Gasteiger partial charge in [0.25, 0.3) is 5.91 Å². The highest BCUT2D eigenvalue weighted by Gasteiger charge is 2.15. The van der Waals surface area contributed by atoms with Crippen molar-refractivity contribution in [1.29, 1.82) is 0 Å². The molecule has 0 heterocycles. The van der Waals surface area contributed by atoms with Crippen molar-refractivity contribution in [3.63, 3.8) is 0 Å². The number of hydrogen-bond acceptors (Lipinski definition) is 2. The number of carbonyl (C=O) groups excluding carboxylic acids is 1. The lowest BCUT2D eigenvalue weighted by atomic mass is 10.2. The Balaban J connectivity index is 2.79. The van der Waals surface area contributed by atoms with Gasteiger partial charge < -0.3 is 10.1 Å². The largest absolute Gasteiger partial charge is 0.494 e. The molecule has 1 amide bonds. The summed E-state index contributed by atoms with van der Waals surface area (Å²) in [5, 5.41) is 2.13. The van der Waals surface area contributed by atoms with Crippen LogP contribution < -0.4 is 10.1 Å². The molecule has 3 nitrogen and oxygen atoms in total. The molecule has 5 heteroatoms. The summed E-state index contributed by atoms with van der Waals surface area (Å²) in [6.45, 7) is 4.09. The molecule has 0 saturated carbocycles. The van der Waals surface area contributed by atoms with Crippen LogP contribution in [0.2, 0.25) is 0 Å². The quantitative estimate of drug-likeness (QED) is 0.861. The van der Waals surface area contributed by atoms with Gasteiger partial charge >= 0.3 is 6.43 Å². The number of hydrogen-bond donors (Lipinski definition) is 1. The van der Waals surface area contributed by atoms with E-state index < -0.39 is 12.3 Å². The number of aryl methyl sites for hydroxylation is 1. The second-order valence-electron chi connectivity index (χ2n) is 3.20. The van der Waals surface area contributed by atoms with Crippen LogP contribution in [0.15, 0.2) is 18.2 Å². The Morgan fingerprint density at radius 2 is 2.19 bits per heavy atom. The lowest BCUT2D eigenvalue weighted by Crippen LogP contribution is -2.20. The van der Waals surface area contributed by atoms with Crippen molar-refractivity contribution in [3.8, 4) is 5.75 Å². The summed E-state index contributed by atoms with van der Waals surface area (Å²) in [6.07, 6.45) is -3.01. The molecule has 1 aromatic carbocycles. The minimum Gasteiger partial charge on any atom is -0.494 e. The number of anilines is 1. The maximum atomic E-state index is 12.0. The lowest BCUT2D eigenvalue weighted by Gasteiger charge is -2.10. The highest BCUT2D eigenvalue weighted by molar-refractivity contribution is 5.93. The Bertz CT molecular complexity index is 380. The zero-order valence-electron chi connectivity index (χ0n) is 9.09. The maximum absolute atomic E-state index is 12.0. The van der Waals surface area contributed by atoms with Gasteiger partial charge in [0.05, 0.1) is 6.61 Å². The summed E-state index contributed by atoms with van der Waals surface area (Å²) in [5.41, 5.74) is 1.05. The van der Waals surface area contributed by atoms with Gasteiger partial charge in [-0.1, -0.05) is 0 Å². The zero-order valence-corrected chi connectivity index (χ0v) is 9.09. The molecular weight excluding hydrogens is 216 g/mol. The first-order valence-electron chi connectivity index (χ1n) is 4.87. The normalized spacial score (nSPS) is 10.3. The molecule has 0 bridgehead atoms. The van der Waals surface area contributed by atoms with E-state index in [4.69, 9.17) is 4.74 Å². The SMILES string of the molecule is CCOc1ccc(NC(=O)C(F)F)c(C)c1. The Labute approximate surface area is 92.4 Å². The molecule has 0 atom stereocenters. The average Bonchev–Trinajstić information content (AvgIpc) is 2.22. The van der Waals surface area contributed by atoms with E-state index in [1.807, 2.05) is 6.92 Å². The lowest BCUT2D eigenvalue weighted by molar-refractivity contribution is -0.126. The minimum atomic E-state index is -3.01. The van der Waals surface area contributed by atoms with Crippen LogP contribution in [0.1, 0.15) is 12.5 Å². The first kappa shape index (κ1) is 12.4. The van der Waals surface area contributed by atoms with Crippen LogP contribution in [0, 0.1) is 6.92 Å². The van der Waals surface area contributed by atoms with E-state index in [9.17, 15) is 13.6 Å². The van der Waals surface area contributed by atoms with Gasteiger partial charge in [-0.15, -0.1) is 0 Å². The number of ether oxygens (including phenoxy) is 1. The Morgan fingerprint density at radius 1 is 1.50 bits per heavy atom. The fourth-order valence-electron chi connectivity index (χ4n) is 1.22. The van der Waals surface area contributed by atoms with E-state index in [0.717, 1.165) is 0 Å². The topological polar surface area (TPSA) is 38.3 Å². The molecule has 0 radical (unpaired) electrons. The van der Waals surface area contributed by atoms with E-state index >= 15 is 0 Å². The number of nitrogens with one attached hydrogen (secondary N) is 1. The highest BCUT2D eigenvalue weighted by atomic mass is 19.3. The van der Waals surface area contributed by atoms with Crippen molar-refractivity contribution in [2.24, 2.45) is 0 Å². The van der Waals surface area contributed by atoms with Gasteiger partial charge in [-0.25, -0.2) is 0 Å². The monoisotopic (exact) mass is 229 g/mol. The van der Waals surface area contributed by atoms with Gasteiger partial charge in [-0.3, -0.25) is 4.79 Å². The molecule has 1 rings (SSSR count). The number of halogens is 2. The van der Waals surface area contributed by atoms with Crippen molar-refractivity contribution < 1.29 is 18.3 Å². The number of amides is 1. The van der Waals surface area contributed by atoms with E-state index in [0.29, 0.717) is 23.6 Å². The maximum Gasteiger partial charge on any atom is 0.315 e. The third-order valence-electron chi connectivity index (χ3n) is 1.96. The predicted octanol–water partition coefficient (Wildman–Crippen LogP) is 2.60. The molecule has 0 aliphatic carbocycles. The van der Waals surface area contributed by atoms with Crippen molar-refractivity contribution in [2.75, 3.05) is 11.9 Å². The molecule has 0 spiro atoms. The summed E-state index contributed by atoms with van der Waals surface area (Å²) < 4.78 is 29.3. The molecule has 0 aliphatic rings. The summed E-state index contributed by atoms with van der Waals surface area (Å²) in [5.74, 6) is -0.651. The smallest absolute Gasteiger partial charge is 0.315 e. The number of carbonyl (C=O) groups is 1. The number of alkyl halides is 2. The molecule has 16 heavy (non-hydrogen) atoms. The molecule has 0 saturated heterocycles. The summed E-state index contributed by atoms with van der Waals surface area (Å²) >= 11 is 0. The van der Waals surface area contributed by atoms with Crippen molar-refractivity contribution in [2.45, 2.75) is 20.3 Å². The summed E-state index contributed by atoms with van der Waals surface area (Å²) in [4.78, 5) is 10.8. The van der Waals surface area contributed by atoms with E-state index in [1.165, 1.54) is 0 Å². The van der Waals surface area contributed by atoms with Gasteiger partial charge in [-0.05, 0) is 37.6 Å². The van der Waals surface area contributed by atoms with E-state index in [1.54, 1.807) is 25.1 Å². The number of rotatable bonds is 4. The van der Waals surface area contributed by atoms with E-state index in [-0.39, 0.29) is 0 Å². The fraction of sp³-hybridized carbons (Fsp3) is 0.364. The van der Waals surface area contributed by atoms with Crippen molar-refractivity contribution in [3.05, 3.63) is 23.8 Å². The van der Waals surface area contributed by atoms with Crippen LogP contribution in [-0.2, 0) is 4.79 Å². The van der Waals surface area contributed by atoms with Gasteiger partial charge in [0.2, 0.25) is 0 Å². The highest BCUT2D eigenvalue weighted by Crippen LogP contribution is 2.21. The summed E-state index contributed by atoms with van der Waals surface area (Å²) in [6, 6.07) is 4.85. The van der Waals surface area contributed by atoms with Crippen LogP contribution in [0.3, 0.4) is 0 Å². The molecule has 0 unspecified atom stereocenters. The van der Waals surface area contributed by atoms with Crippen molar-refractivity contribution >= 4 is 11.6 Å². The Hall–Kier alpha value is -1.65. The molecule has 0 aromatic heterocycles. The van der Waals surface area contributed by atoms with Crippen LogP contribution in [0.5, 0.6) is 5.75 Å². The second kappa shape index (κ2) is 5.44. The van der Waals surface area contributed by atoms with Gasteiger partial charge in [-0.2, -0.15) is 8.78 Å². The fourth-order valence-corrected chi connectivity index (χ4v) is 1.22. The second-order valence-corrected chi connectivity index (χ2v) is 3.20. The van der Waals surface area contributed by atoms with Gasteiger partial charge in [0.1, 0.15) is 5.75 Å². The third-order valence-corrected chi connectivity index (χ3v) is 1.96. The molecule has 88 valence electrons. The standard InChI is InChI=1S/C11H13F2NO2/c1-3-16-8-4-5-9(7(2)6-8)14-11(15)10(12)13/h4-6,10H,3H2,1-2H3,(H,14,15). The van der Waals surface area contributed by atoms with Gasteiger partial charge in [0, 0.05) is 5.69 Å². The first-order chi connectivity index (χ1) is 7.54. The first-order valence-corrected chi connectivity index (χ1v) is 4.87. The third kappa shape index (κ3) is 3.18. The molecule has 0 fully saturated rings. The number of benzene rings is 1. The molecule has 0 aliphatic heterocycles. The van der Waals surface area contributed by atoms with Crippen LogP contribution >= 0.6 is 0 Å². The zero-order chi connectivity index (χ0) is 12.1. The van der Waals surface area contributed by atoms with E-state index in [2.05, 4.69) is 5.32 Å². The molecular formula is C11H13F2NO2. The van der Waals surface area contributed by atoms with Crippen LogP contribution in [0.25, 0.3) is 0 Å². The molecule has 1 N–H and O–H groups in total.